The van der Waals surface area contributed by atoms with E-state index in [1.807, 2.05) is 30.3 Å². The Morgan fingerprint density at radius 2 is 1.96 bits per heavy atom. The number of anilines is 2. The number of H-pyrrole nitrogens is 1. The molecule has 0 bridgehead atoms. The van der Waals surface area contributed by atoms with E-state index in [0.29, 0.717) is 0 Å². The van der Waals surface area contributed by atoms with E-state index in [4.69, 9.17) is 10.5 Å². The molecule has 3 N–H and O–H groups in total. The number of amides is 1. The number of aromatic nitrogens is 2. The number of benzene rings is 1. The lowest BCUT2D eigenvalue weighted by Gasteiger charge is -2.23. The van der Waals surface area contributed by atoms with E-state index >= 15 is 0 Å². The third-order valence-corrected chi connectivity index (χ3v) is 3.57. The minimum Gasteiger partial charge on any atom is -0.383 e. The lowest BCUT2D eigenvalue weighted by atomic mass is 10.2. The van der Waals surface area contributed by atoms with Crippen molar-refractivity contribution in [1.82, 2.24) is 9.55 Å². The fourth-order valence-corrected chi connectivity index (χ4v) is 2.36. The zero-order chi connectivity index (χ0) is 17.7. The molecule has 24 heavy (non-hydrogen) atoms. The average Bonchev–Trinajstić information content (AvgIpc) is 2.54. The molecule has 0 aliphatic heterocycles. The maximum atomic E-state index is 12.2. The van der Waals surface area contributed by atoms with Crippen LogP contribution in [0.15, 0.2) is 39.9 Å². The number of nitrogens with zero attached hydrogens (tertiary/aromatic N) is 2. The first-order valence-electron chi connectivity index (χ1n) is 7.39. The summed E-state index contributed by atoms with van der Waals surface area (Å²) in [7, 11) is 1.49. The standard InChI is InChI=1S/C16H20N4O4/c1-11(21)20(10-12-6-4-3-5-7-12)13-14(17)19(8-9-24-2)16(23)18-15(13)22/h3-7H,8-10,17H2,1-2H3,(H,18,22,23). The largest absolute Gasteiger partial charge is 0.383 e. The molecule has 0 saturated carbocycles. The molecule has 1 heterocycles. The zero-order valence-corrected chi connectivity index (χ0v) is 13.6. The molecule has 8 heteroatoms. The Bertz CT molecular complexity index is 826. The van der Waals surface area contributed by atoms with Gasteiger partial charge >= 0.3 is 5.69 Å². The van der Waals surface area contributed by atoms with E-state index in [0.717, 1.165) is 5.56 Å². The van der Waals surface area contributed by atoms with Gasteiger partial charge in [-0.15, -0.1) is 0 Å². The van der Waals surface area contributed by atoms with Crippen molar-refractivity contribution < 1.29 is 9.53 Å². The highest BCUT2D eigenvalue weighted by Crippen LogP contribution is 2.19. The molecule has 2 rings (SSSR count). The van der Waals surface area contributed by atoms with E-state index < -0.39 is 11.2 Å². The lowest BCUT2D eigenvalue weighted by Crippen LogP contribution is -2.40. The number of nitrogens with one attached hydrogen (secondary N) is 1. The Morgan fingerprint density at radius 3 is 2.54 bits per heavy atom. The topological polar surface area (TPSA) is 110 Å². The van der Waals surface area contributed by atoms with Gasteiger partial charge in [-0.2, -0.15) is 0 Å². The number of nitrogens with two attached hydrogens (primary N) is 1. The Hall–Kier alpha value is -2.87. The Labute approximate surface area is 138 Å². The van der Waals surface area contributed by atoms with E-state index in [1.165, 1.54) is 23.5 Å². The highest BCUT2D eigenvalue weighted by atomic mass is 16.5. The molecule has 128 valence electrons. The first-order valence-corrected chi connectivity index (χ1v) is 7.39. The third kappa shape index (κ3) is 3.72. The van der Waals surface area contributed by atoms with Crippen LogP contribution >= 0.6 is 0 Å². The van der Waals surface area contributed by atoms with E-state index in [2.05, 4.69) is 4.98 Å². The van der Waals surface area contributed by atoms with Crippen molar-refractivity contribution in [2.75, 3.05) is 24.4 Å². The van der Waals surface area contributed by atoms with Crippen molar-refractivity contribution >= 4 is 17.4 Å². The lowest BCUT2D eigenvalue weighted by molar-refractivity contribution is -0.116. The number of aromatic amines is 1. The van der Waals surface area contributed by atoms with E-state index in [9.17, 15) is 14.4 Å². The van der Waals surface area contributed by atoms with Crippen LogP contribution in [-0.2, 0) is 22.6 Å². The van der Waals surface area contributed by atoms with Gasteiger partial charge in [0.05, 0.1) is 19.7 Å². The Balaban J connectivity index is 2.52. The van der Waals surface area contributed by atoms with Crippen LogP contribution in [0.1, 0.15) is 12.5 Å². The van der Waals surface area contributed by atoms with Gasteiger partial charge in [-0.25, -0.2) is 4.79 Å². The SMILES string of the molecule is COCCn1c(N)c(N(Cc2ccccc2)C(C)=O)c(=O)[nH]c1=O. The summed E-state index contributed by atoms with van der Waals surface area (Å²) in [5.74, 6) is -0.417. The summed E-state index contributed by atoms with van der Waals surface area (Å²) in [6.45, 7) is 1.93. The van der Waals surface area contributed by atoms with Crippen LogP contribution < -0.4 is 21.9 Å². The van der Waals surface area contributed by atoms with E-state index in [-0.39, 0.29) is 37.1 Å². The van der Waals surface area contributed by atoms with Crippen LogP contribution in [0.2, 0.25) is 0 Å². The summed E-state index contributed by atoms with van der Waals surface area (Å²) in [5, 5.41) is 0. The number of ether oxygens (including phenoxy) is 1. The summed E-state index contributed by atoms with van der Waals surface area (Å²) in [6.07, 6.45) is 0. The molecule has 0 fully saturated rings. The monoisotopic (exact) mass is 332 g/mol. The number of methoxy groups -OCH3 is 1. The molecule has 2 aromatic rings. The first-order chi connectivity index (χ1) is 11.5. The molecule has 1 aromatic carbocycles. The molecule has 0 radical (unpaired) electrons. The summed E-state index contributed by atoms with van der Waals surface area (Å²) in [4.78, 5) is 39.7. The molecule has 0 atom stereocenters. The van der Waals surface area contributed by atoms with Gasteiger partial charge in [0.25, 0.3) is 5.56 Å². The summed E-state index contributed by atoms with van der Waals surface area (Å²) >= 11 is 0. The predicted octanol–water partition coefficient (Wildman–Crippen LogP) is 0.318. The second-order valence-electron chi connectivity index (χ2n) is 5.23. The van der Waals surface area contributed by atoms with Crippen LogP contribution in [0, 0.1) is 0 Å². The zero-order valence-electron chi connectivity index (χ0n) is 13.6. The van der Waals surface area contributed by atoms with Crippen LogP contribution in [-0.4, -0.2) is 29.2 Å². The molecule has 0 saturated heterocycles. The van der Waals surface area contributed by atoms with Gasteiger partial charge in [-0.3, -0.25) is 19.1 Å². The quantitative estimate of drug-likeness (QED) is 0.791. The van der Waals surface area contributed by atoms with Crippen molar-refractivity contribution in [1.29, 1.82) is 0 Å². The van der Waals surface area contributed by atoms with Crippen LogP contribution in [0.4, 0.5) is 11.5 Å². The average molecular weight is 332 g/mol. The maximum Gasteiger partial charge on any atom is 0.330 e. The van der Waals surface area contributed by atoms with Crippen molar-refractivity contribution in [3.8, 4) is 0 Å². The summed E-state index contributed by atoms with van der Waals surface area (Å²) < 4.78 is 6.12. The molecular weight excluding hydrogens is 312 g/mol. The smallest absolute Gasteiger partial charge is 0.330 e. The number of rotatable bonds is 6. The van der Waals surface area contributed by atoms with Gasteiger partial charge in [-0.05, 0) is 5.56 Å². The van der Waals surface area contributed by atoms with Gasteiger partial charge in [0.1, 0.15) is 5.82 Å². The second-order valence-corrected chi connectivity index (χ2v) is 5.23. The Kier molecular flexibility index (Phi) is 5.54. The third-order valence-electron chi connectivity index (χ3n) is 3.57. The minimum atomic E-state index is -0.697. The summed E-state index contributed by atoms with van der Waals surface area (Å²) in [5.41, 5.74) is 5.47. The number of carbonyl (C=O) groups excluding carboxylic acids is 1. The fraction of sp³-hybridized carbons (Fsp3) is 0.312. The van der Waals surface area contributed by atoms with Crippen LogP contribution in [0.3, 0.4) is 0 Å². The molecule has 8 nitrogen and oxygen atoms in total. The van der Waals surface area contributed by atoms with E-state index in [1.54, 1.807) is 0 Å². The molecule has 1 amide bonds. The predicted molar refractivity (Wildman–Crippen MR) is 90.9 cm³/mol. The summed E-state index contributed by atoms with van der Waals surface area (Å²) in [6, 6.07) is 9.19. The highest BCUT2D eigenvalue weighted by molar-refractivity contribution is 5.93. The molecule has 0 aliphatic carbocycles. The number of hydrogen-bond acceptors (Lipinski definition) is 5. The Morgan fingerprint density at radius 1 is 1.29 bits per heavy atom. The van der Waals surface area contributed by atoms with Crippen molar-refractivity contribution in [2.45, 2.75) is 20.0 Å². The molecule has 0 unspecified atom stereocenters. The number of carbonyl (C=O) groups is 1. The van der Waals surface area contributed by atoms with Crippen molar-refractivity contribution in [3.63, 3.8) is 0 Å². The van der Waals surface area contributed by atoms with Crippen LogP contribution in [0.25, 0.3) is 0 Å². The van der Waals surface area contributed by atoms with Crippen molar-refractivity contribution in [2.24, 2.45) is 0 Å². The first kappa shape index (κ1) is 17.5. The fourth-order valence-electron chi connectivity index (χ4n) is 2.36. The second kappa shape index (κ2) is 7.60. The molecular formula is C16H20N4O4. The van der Waals surface area contributed by atoms with Gasteiger partial charge < -0.3 is 15.4 Å². The normalized spacial score (nSPS) is 10.6. The highest BCUT2D eigenvalue weighted by Gasteiger charge is 2.22. The minimum absolute atomic E-state index is 0.0398. The molecule has 0 aliphatic rings. The van der Waals surface area contributed by atoms with Gasteiger partial charge in [0, 0.05) is 14.0 Å². The van der Waals surface area contributed by atoms with Gasteiger partial charge in [0.2, 0.25) is 5.91 Å². The molecule has 0 spiro atoms. The molecule has 1 aromatic heterocycles. The van der Waals surface area contributed by atoms with Gasteiger partial charge in [-0.1, -0.05) is 30.3 Å². The van der Waals surface area contributed by atoms with Crippen LogP contribution in [0.5, 0.6) is 0 Å². The van der Waals surface area contributed by atoms with Crippen molar-refractivity contribution in [3.05, 3.63) is 56.7 Å². The number of nitrogen functional groups attached to an aromatic ring is 1. The maximum absolute atomic E-state index is 12.2. The van der Waals surface area contributed by atoms with Gasteiger partial charge in [0.15, 0.2) is 5.69 Å². The number of hydrogen-bond donors (Lipinski definition) is 2.